The number of aromatic nitrogens is 3. The van der Waals surface area contributed by atoms with Crippen molar-refractivity contribution in [3.63, 3.8) is 0 Å². The van der Waals surface area contributed by atoms with Gasteiger partial charge in [-0.25, -0.2) is 4.98 Å². The Morgan fingerprint density at radius 1 is 1.23 bits per heavy atom. The third-order valence-electron chi connectivity index (χ3n) is 4.25. The maximum Gasteiger partial charge on any atom is 0.123 e. The number of thiazole rings is 1. The summed E-state index contributed by atoms with van der Waals surface area (Å²) in [5.41, 5.74) is 3.37. The van der Waals surface area contributed by atoms with Crippen LogP contribution in [0.3, 0.4) is 0 Å². The van der Waals surface area contributed by atoms with Gasteiger partial charge in [0.05, 0.1) is 17.4 Å². The third kappa shape index (κ3) is 4.34. The molecule has 3 rings (SSSR count). The first-order chi connectivity index (χ1) is 12.2. The Bertz CT molecular complexity index is 874. The summed E-state index contributed by atoms with van der Waals surface area (Å²) in [6.45, 7) is 11.5. The van der Waals surface area contributed by atoms with Gasteiger partial charge >= 0.3 is 0 Å². The van der Waals surface area contributed by atoms with E-state index < -0.39 is 0 Å². The van der Waals surface area contributed by atoms with Crippen molar-refractivity contribution in [2.45, 2.75) is 52.7 Å². The second-order valence-electron chi connectivity index (χ2n) is 7.54. The summed E-state index contributed by atoms with van der Waals surface area (Å²) in [5, 5.41) is 9.83. The lowest BCUT2D eigenvalue weighted by atomic mass is 10.1. The highest BCUT2D eigenvalue weighted by atomic mass is 35.5. The maximum atomic E-state index is 5.98. The van der Waals surface area contributed by atoms with Gasteiger partial charge in [0.25, 0.3) is 0 Å². The van der Waals surface area contributed by atoms with Crippen LogP contribution in [0.2, 0.25) is 5.02 Å². The lowest BCUT2D eigenvalue weighted by Gasteiger charge is -2.18. The minimum Gasteiger partial charge on any atom is -0.305 e. The van der Waals surface area contributed by atoms with Gasteiger partial charge in [-0.3, -0.25) is 4.68 Å². The van der Waals surface area contributed by atoms with E-state index in [4.69, 9.17) is 16.6 Å². The Morgan fingerprint density at radius 3 is 2.54 bits per heavy atom. The summed E-state index contributed by atoms with van der Waals surface area (Å²) >= 11 is 7.72. The Kier molecular flexibility index (Phi) is 5.51. The first-order valence-corrected chi connectivity index (χ1v) is 9.94. The van der Waals surface area contributed by atoms with Crippen molar-refractivity contribution in [2.75, 3.05) is 0 Å². The zero-order valence-electron chi connectivity index (χ0n) is 15.9. The summed E-state index contributed by atoms with van der Waals surface area (Å²) in [5.74, 6) is 0. The quantitative estimate of drug-likeness (QED) is 0.620. The number of halogens is 1. The molecule has 1 atom stereocenters. The van der Waals surface area contributed by atoms with Crippen LogP contribution in [-0.4, -0.2) is 14.8 Å². The molecule has 0 spiro atoms. The van der Waals surface area contributed by atoms with Gasteiger partial charge in [0.1, 0.15) is 5.01 Å². The molecule has 0 aliphatic heterocycles. The predicted octanol–water partition coefficient (Wildman–Crippen LogP) is 5.57. The fourth-order valence-electron chi connectivity index (χ4n) is 2.71. The highest BCUT2D eigenvalue weighted by Gasteiger charge is 2.17. The van der Waals surface area contributed by atoms with Gasteiger partial charge in [-0.2, -0.15) is 5.10 Å². The molecule has 138 valence electrons. The predicted molar refractivity (Wildman–Crippen MR) is 110 cm³/mol. The molecule has 0 fully saturated rings. The van der Waals surface area contributed by atoms with Crippen molar-refractivity contribution in [3.8, 4) is 10.6 Å². The number of hydrogen-bond donors (Lipinski definition) is 1. The number of nitrogens with one attached hydrogen (secondary N) is 1. The summed E-state index contributed by atoms with van der Waals surface area (Å²) in [6, 6.07) is 8.07. The van der Waals surface area contributed by atoms with Crippen LogP contribution in [-0.2, 0) is 12.1 Å². The molecule has 6 heteroatoms. The van der Waals surface area contributed by atoms with Crippen LogP contribution in [0.5, 0.6) is 0 Å². The van der Waals surface area contributed by atoms with Gasteiger partial charge in [0, 0.05) is 39.8 Å². The van der Waals surface area contributed by atoms with Crippen LogP contribution in [0.25, 0.3) is 10.6 Å². The highest BCUT2D eigenvalue weighted by molar-refractivity contribution is 7.15. The van der Waals surface area contributed by atoms with Crippen molar-refractivity contribution in [2.24, 2.45) is 0 Å². The van der Waals surface area contributed by atoms with Crippen LogP contribution in [0.15, 0.2) is 36.7 Å². The van der Waals surface area contributed by atoms with Crippen LogP contribution >= 0.6 is 22.9 Å². The highest BCUT2D eigenvalue weighted by Crippen LogP contribution is 2.32. The molecule has 3 aromatic rings. The number of hydrogen-bond acceptors (Lipinski definition) is 4. The van der Waals surface area contributed by atoms with Gasteiger partial charge in [-0.05, 0) is 46.8 Å². The minimum absolute atomic E-state index is 0.00556. The van der Waals surface area contributed by atoms with E-state index in [1.165, 1.54) is 10.4 Å². The molecule has 1 unspecified atom stereocenters. The summed E-state index contributed by atoms with van der Waals surface area (Å²) < 4.78 is 2.01. The van der Waals surface area contributed by atoms with Crippen molar-refractivity contribution in [3.05, 3.63) is 57.8 Å². The molecular formula is C20H25ClN4S. The summed E-state index contributed by atoms with van der Waals surface area (Å²) in [6.07, 6.45) is 4.04. The number of aryl methyl sites for hydroxylation is 1. The van der Waals surface area contributed by atoms with Gasteiger partial charge < -0.3 is 5.32 Å². The van der Waals surface area contributed by atoms with Crippen LogP contribution < -0.4 is 5.32 Å². The Morgan fingerprint density at radius 2 is 1.92 bits per heavy atom. The molecule has 0 saturated carbocycles. The van der Waals surface area contributed by atoms with Gasteiger partial charge in [-0.15, -0.1) is 11.3 Å². The molecule has 0 aliphatic carbocycles. The SMILES string of the molecule is Cc1nc(-c2ccc(Cl)cc2)sc1C(C)NCc1cnn(C(C)(C)C)c1. The number of nitrogens with zero attached hydrogens (tertiary/aromatic N) is 3. The fraction of sp³-hybridized carbons (Fsp3) is 0.400. The van der Waals surface area contributed by atoms with E-state index in [0.29, 0.717) is 0 Å². The standard InChI is InChI=1S/C20H25ClN4S/c1-13(22-10-15-11-23-25(12-15)20(3,4)5)18-14(2)24-19(26-18)16-6-8-17(21)9-7-16/h6-9,11-13,22H,10H2,1-5H3. The molecule has 0 radical (unpaired) electrons. The molecule has 0 aliphatic rings. The second-order valence-corrected chi connectivity index (χ2v) is 9.01. The van der Waals surface area contributed by atoms with Crippen LogP contribution in [0.1, 0.15) is 49.9 Å². The minimum atomic E-state index is 0.00556. The van der Waals surface area contributed by atoms with E-state index in [2.05, 4.69) is 51.2 Å². The smallest absolute Gasteiger partial charge is 0.123 e. The lowest BCUT2D eigenvalue weighted by molar-refractivity contribution is 0.355. The van der Waals surface area contributed by atoms with Gasteiger partial charge in [-0.1, -0.05) is 23.7 Å². The van der Waals surface area contributed by atoms with Crippen LogP contribution in [0, 0.1) is 6.92 Å². The van der Waals surface area contributed by atoms with Crippen molar-refractivity contribution >= 4 is 22.9 Å². The van der Waals surface area contributed by atoms with E-state index in [9.17, 15) is 0 Å². The maximum absolute atomic E-state index is 5.98. The van der Waals surface area contributed by atoms with E-state index in [1.807, 2.05) is 35.1 Å². The van der Waals surface area contributed by atoms with Gasteiger partial charge in [0.2, 0.25) is 0 Å². The molecule has 0 amide bonds. The molecule has 26 heavy (non-hydrogen) atoms. The van der Waals surface area contributed by atoms with Crippen molar-refractivity contribution in [1.29, 1.82) is 0 Å². The molecule has 2 heterocycles. The monoisotopic (exact) mass is 388 g/mol. The average Bonchev–Trinajstić information content (AvgIpc) is 3.20. The molecule has 0 saturated heterocycles. The number of benzene rings is 1. The van der Waals surface area contributed by atoms with Gasteiger partial charge in [0.15, 0.2) is 0 Å². The summed E-state index contributed by atoms with van der Waals surface area (Å²) in [7, 11) is 0. The van der Waals surface area contributed by atoms with E-state index in [-0.39, 0.29) is 11.6 Å². The normalized spacial score (nSPS) is 13.2. The van der Waals surface area contributed by atoms with E-state index in [1.54, 1.807) is 11.3 Å². The topological polar surface area (TPSA) is 42.7 Å². The summed E-state index contributed by atoms with van der Waals surface area (Å²) in [4.78, 5) is 6.00. The molecule has 1 aromatic carbocycles. The zero-order chi connectivity index (χ0) is 18.9. The second kappa shape index (κ2) is 7.51. The third-order valence-corrected chi connectivity index (χ3v) is 5.89. The van der Waals surface area contributed by atoms with E-state index >= 15 is 0 Å². The Balaban J connectivity index is 1.69. The van der Waals surface area contributed by atoms with Crippen LogP contribution in [0.4, 0.5) is 0 Å². The molecular weight excluding hydrogens is 364 g/mol. The average molecular weight is 389 g/mol. The first kappa shape index (κ1) is 19.1. The Hall–Kier alpha value is -1.69. The fourth-order valence-corrected chi connectivity index (χ4v) is 3.93. The lowest BCUT2D eigenvalue weighted by Crippen LogP contribution is -2.22. The van der Waals surface area contributed by atoms with Crippen molar-refractivity contribution < 1.29 is 0 Å². The largest absolute Gasteiger partial charge is 0.305 e. The Labute approximate surface area is 164 Å². The molecule has 4 nitrogen and oxygen atoms in total. The van der Waals surface area contributed by atoms with Crippen molar-refractivity contribution in [1.82, 2.24) is 20.1 Å². The molecule has 1 N–H and O–H groups in total. The number of rotatable bonds is 5. The first-order valence-electron chi connectivity index (χ1n) is 8.74. The van der Waals surface area contributed by atoms with E-state index in [0.717, 1.165) is 27.8 Å². The molecule has 0 bridgehead atoms. The zero-order valence-corrected chi connectivity index (χ0v) is 17.4. The molecule has 2 aromatic heterocycles.